The Bertz CT molecular complexity index is 3150. The second kappa shape index (κ2) is 14.9. The first-order valence-electron chi connectivity index (χ1n) is 16.3. The third-order valence-corrected chi connectivity index (χ3v) is 8.70. The van der Waals surface area contributed by atoms with Crippen molar-refractivity contribution >= 4 is 39.6 Å². The zero-order valence-corrected chi connectivity index (χ0v) is 28.9. The fourth-order valence-electron chi connectivity index (χ4n) is 6.18. The van der Waals surface area contributed by atoms with Crippen LogP contribution in [-0.4, -0.2) is 47.3 Å². The van der Waals surface area contributed by atoms with Crippen molar-refractivity contribution in [2.45, 2.75) is 0 Å². The number of ketones is 3. The van der Waals surface area contributed by atoms with Crippen molar-refractivity contribution in [3.05, 3.63) is 140 Å². The molecule has 3 heterocycles. The van der Waals surface area contributed by atoms with Gasteiger partial charge in [-0.3, -0.25) is 19.7 Å². The van der Waals surface area contributed by atoms with Crippen LogP contribution in [-0.2, 0) is 0 Å². The largest absolute Gasteiger partial charge is 0.341 e. The van der Waals surface area contributed by atoms with E-state index in [0.717, 1.165) is 5.39 Å². The molecule has 0 unspecified atom stereocenters. The molecule has 2 aromatic heterocycles. The number of nitrogens with one attached hydrogen (secondary N) is 2. The highest BCUT2D eigenvalue weighted by atomic mass is 16.3. The quantitative estimate of drug-likeness (QED) is 0.129. The first-order valence-corrected chi connectivity index (χ1v) is 16.3. The number of hydrogen-bond donors (Lipinski definition) is 2. The van der Waals surface area contributed by atoms with Crippen LogP contribution in [0.15, 0.2) is 78.0 Å². The number of H-pyrrole nitrogens is 1. The summed E-state index contributed by atoms with van der Waals surface area (Å²) in [6.07, 6.45) is 1.70. The van der Waals surface area contributed by atoms with Gasteiger partial charge in [0.15, 0.2) is 40.5 Å². The van der Waals surface area contributed by atoms with Crippen molar-refractivity contribution in [3.63, 3.8) is 0 Å². The summed E-state index contributed by atoms with van der Waals surface area (Å²) in [5.41, 5.74) is 2.34. The van der Waals surface area contributed by atoms with E-state index in [2.05, 4.69) is 40.4 Å². The molecule has 0 radical (unpaired) electrons. The number of nitrogens with zero attached hydrogens (tertiary/aromatic N) is 12. The number of benzene rings is 3. The van der Waals surface area contributed by atoms with E-state index >= 15 is 0 Å². The van der Waals surface area contributed by atoms with Gasteiger partial charge in [-0.05, 0) is 5.18 Å². The number of fused-ring (bicyclic) bond motifs is 8. The molecule has 0 fully saturated rings. The lowest BCUT2D eigenvalue weighted by Crippen LogP contribution is -2.25. The summed E-state index contributed by atoms with van der Waals surface area (Å²) in [5.74, 6) is -1.13. The maximum absolute atomic E-state index is 12.3. The fraction of sp³-hybridized carbons (Fsp3) is 0. The van der Waals surface area contributed by atoms with Gasteiger partial charge in [0.1, 0.15) is 58.8 Å². The molecule has 58 heavy (non-hydrogen) atoms. The van der Waals surface area contributed by atoms with Gasteiger partial charge < -0.3 is 4.98 Å². The van der Waals surface area contributed by atoms with Gasteiger partial charge in [0.05, 0.1) is 11.4 Å². The third kappa shape index (κ3) is 5.90. The van der Waals surface area contributed by atoms with Gasteiger partial charge in [-0.1, -0.05) is 72.8 Å². The number of hydrogen-bond acceptors (Lipinski definition) is 17. The van der Waals surface area contributed by atoms with Crippen LogP contribution >= 0.6 is 0 Å². The molecule has 3 aliphatic carbocycles. The summed E-state index contributed by atoms with van der Waals surface area (Å²) in [6, 6.07) is 29.3. The van der Waals surface area contributed by atoms with E-state index in [0.29, 0.717) is 33.6 Å². The smallest absolute Gasteiger partial charge is 0.214 e. The zero-order valence-electron chi connectivity index (χ0n) is 28.9. The standard InChI is InChI=1S/C14H4N4O2.2C13H5N5O/c15-5-9-10(6-16)18-12-11(17-9)13(19)7-3-1-2-4-8(7)14(12)20;14-5-9-13(16-6-15)18-10-7-3-1-2-4-8(7)12(19)11(10)17-9;14-5-9-10(6-15)17-13-11(16-9)7-3-1-2-4-8(7)12(13)18-19/h1-4H;1-4H,(H,16,18);1-4,17H. The predicted octanol–water partition coefficient (Wildman–Crippen LogP) is 5.26. The number of anilines is 1. The van der Waals surface area contributed by atoms with Crippen LogP contribution in [0.3, 0.4) is 0 Å². The molecule has 0 bridgehead atoms. The Morgan fingerprint density at radius 1 is 0.500 bits per heavy atom. The van der Waals surface area contributed by atoms with Crippen molar-refractivity contribution in [3.8, 4) is 59.2 Å². The minimum atomic E-state index is -0.469. The molecule has 1 aliphatic heterocycles. The normalized spacial score (nSPS) is 11.2. The number of aromatic amines is 1. The highest BCUT2D eigenvalue weighted by Crippen LogP contribution is 2.42. The summed E-state index contributed by atoms with van der Waals surface area (Å²) in [7, 11) is 0. The van der Waals surface area contributed by atoms with Crippen LogP contribution in [0.25, 0.3) is 33.4 Å². The second-order valence-corrected chi connectivity index (χ2v) is 11.8. The summed E-state index contributed by atoms with van der Waals surface area (Å²) in [5, 5.41) is 60.0. The lowest BCUT2D eigenvalue weighted by atomic mass is 9.89. The molecule has 0 atom stereocenters. The van der Waals surface area contributed by atoms with Gasteiger partial charge in [0.2, 0.25) is 17.3 Å². The predicted molar refractivity (Wildman–Crippen MR) is 197 cm³/mol. The monoisotopic (exact) mass is 754 g/mol. The minimum absolute atomic E-state index is 0.00296. The molecular weight excluding hydrogens is 741 g/mol. The number of carbonyl (C=O) groups excluding carboxylic acids is 3. The van der Waals surface area contributed by atoms with Crippen LogP contribution in [0, 0.1) is 73.0 Å². The average molecular weight is 755 g/mol. The van der Waals surface area contributed by atoms with Crippen LogP contribution in [0.4, 0.5) is 11.5 Å². The number of aromatic nitrogens is 6. The second-order valence-electron chi connectivity index (χ2n) is 11.8. The Morgan fingerprint density at radius 2 is 0.948 bits per heavy atom. The minimum Gasteiger partial charge on any atom is -0.341 e. The average Bonchev–Trinajstić information content (AvgIpc) is 3.74. The Morgan fingerprint density at radius 3 is 1.45 bits per heavy atom. The molecule has 0 saturated heterocycles. The van der Waals surface area contributed by atoms with Crippen molar-refractivity contribution < 1.29 is 14.4 Å². The molecule has 0 saturated carbocycles. The van der Waals surface area contributed by atoms with Gasteiger partial charge in [0.25, 0.3) is 0 Å². The first kappa shape index (κ1) is 36.5. The topological polar surface area (TPSA) is 316 Å². The van der Waals surface area contributed by atoms with E-state index < -0.39 is 11.6 Å². The molecule has 18 heteroatoms. The van der Waals surface area contributed by atoms with E-state index in [-0.39, 0.29) is 74.0 Å². The van der Waals surface area contributed by atoms with Gasteiger partial charge in [-0.2, -0.15) is 31.6 Å². The van der Waals surface area contributed by atoms with E-state index in [4.69, 9.17) is 31.6 Å². The summed E-state index contributed by atoms with van der Waals surface area (Å²) >= 11 is 0. The summed E-state index contributed by atoms with van der Waals surface area (Å²) in [6.45, 7) is 0. The van der Waals surface area contributed by atoms with Crippen LogP contribution < -0.4 is 5.32 Å². The number of nitriles is 6. The first-order chi connectivity index (χ1) is 28.2. The van der Waals surface area contributed by atoms with Crippen molar-refractivity contribution in [2.24, 2.45) is 5.18 Å². The molecule has 5 aromatic rings. The van der Waals surface area contributed by atoms with Crippen LogP contribution in [0.1, 0.15) is 76.6 Å². The molecule has 9 rings (SSSR count). The van der Waals surface area contributed by atoms with Gasteiger partial charge in [-0.25, -0.2) is 24.9 Å². The molecule has 0 spiro atoms. The molecule has 18 nitrogen and oxygen atoms in total. The lowest BCUT2D eigenvalue weighted by Gasteiger charge is -2.15. The summed E-state index contributed by atoms with van der Waals surface area (Å²) < 4.78 is 0. The van der Waals surface area contributed by atoms with Gasteiger partial charge in [-0.15, -0.1) is 4.91 Å². The van der Waals surface area contributed by atoms with Crippen molar-refractivity contribution in [1.29, 1.82) is 31.6 Å². The van der Waals surface area contributed by atoms with E-state index in [1.54, 1.807) is 72.9 Å². The fourth-order valence-corrected chi connectivity index (χ4v) is 6.18. The molecule has 3 aromatic carbocycles. The molecule has 268 valence electrons. The Hall–Kier alpha value is -9.88. The Labute approximate surface area is 324 Å². The Balaban J connectivity index is 0.000000132. The molecule has 4 aliphatic rings. The number of carbonyl (C=O) groups is 3. The van der Waals surface area contributed by atoms with E-state index in [1.165, 1.54) is 12.1 Å². The molecule has 2 N–H and O–H groups in total. The molecule has 0 amide bonds. The highest BCUT2D eigenvalue weighted by Gasteiger charge is 2.34. The molecular formula is C40H14N14O4. The number of nitroso groups, excluding NO2 is 1. The Kier molecular flexibility index (Phi) is 9.35. The SMILES string of the molecule is N#CNc1nc2c(nc1C#N)C(=O)c1ccccc1-2.N#Cc1nc2c(nc1C#N)C(=O)c1ccccc1C2=O.N#Cc1nc2c3ccccc3c(N=O)c-2[nH]c1C#N. The van der Waals surface area contributed by atoms with Gasteiger partial charge in [0, 0.05) is 33.0 Å². The van der Waals surface area contributed by atoms with E-state index in [9.17, 15) is 19.3 Å². The van der Waals surface area contributed by atoms with Crippen molar-refractivity contribution in [2.75, 3.05) is 5.32 Å². The maximum Gasteiger partial charge on any atom is 0.214 e. The van der Waals surface area contributed by atoms with Crippen LogP contribution in [0.2, 0.25) is 0 Å². The highest BCUT2D eigenvalue weighted by molar-refractivity contribution is 6.27. The third-order valence-electron chi connectivity index (χ3n) is 8.70. The number of rotatable bonds is 2. The van der Waals surface area contributed by atoms with Crippen LogP contribution in [0.5, 0.6) is 0 Å². The van der Waals surface area contributed by atoms with Gasteiger partial charge >= 0.3 is 0 Å². The summed E-state index contributed by atoms with van der Waals surface area (Å²) in [4.78, 5) is 70.4. The van der Waals surface area contributed by atoms with Crippen molar-refractivity contribution in [1.82, 2.24) is 29.9 Å². The maximum atomic E-state index is 12.3. The zero-order chi connectivity index (χ0) is 41.1. The van der Waals surface area contributed by atoms with E-state index in [1.807, 2.05) is 24.3 Å². The lowest BCUT2D eigenvalue weighted by molar-refractivity contribution is 0.0971.